The van der Waals surface area contributed by atoms with Crippen LogP contribution in [0.4, 0.5) is 4.39 Å². The summed E-state index contributed by atoms with van der Waals surface area (Å²) in [5.41, 5.74) is 5.85. The molecule has 0 heterocycles. The number of nitrogens with two attached hydrogens (primary N) is 1. The van der Waals surface area contributed by atoms with Crippen molar-refractivity contribution in [3.05, 3.63) is 35.6 Å². The molecule has 0 saturated heterocycles. The monoisotopic (exact) mass is 301 g/mol. The highest BCUT2D eigenvalue weighted by molar-refractivity contribution is 7.91. The first kappa shape index (κ1) is 15.4. The molecule has 3 unspecified atom stereocenters. The Morgan fingerprint density at radius 1 is 1.45 bits per heavy atom. The molecule has 4 nitrogen and oxygen atoms in total. The maximum atomic E-state index is 13.4. The summed E-state index contributed by atoms with van der Waals surface area (Å²) in [6, 6.07) is 6.06. The molecule has 2 rings (SSSR count). The minimum Gasteiger partial charge on any atom is -0.381 e. The molecule has 0 spiro atoms. The van der Waals surface area contributed by atoms with Crippen molar-refractivity contribution in [1.82, 2.24) is 0 Å². The predicted octanol–water partition coefficient (Wildman–Crippen LogP) is 1.32. The van der Waals surface area contributed by atoms with Crippen LogP contribution in [0, 0.1) is 11.2 Å². The number of hydrogen-bond donors (Lipinski definition) is 1. The second kappa shape index (κ2) is 5.42. The maximum Gasteiger partial charge on any atom is 0.151 e. The van der Waals surface area contributed by atoms with E-state index in [2.05, 4.69) is 0 Å². The van der Waals surface area contributed by atoms with E-state index in [1.807, 2.05) is 6.92 Å². The summed E-state index contributed by atoms with van der Waals surface area (Å²) in [7, 11) is -3.27. The van der Waals surface area contributed by atoms with Crippen molar-refractivity contribution in [3.63, 3.8) is 0 Å². The Bertz CT molecular complexity index is 590. The van der Waals surface area contributed by atoms with E-state index in [0.717, 1.165) is 0 Å². The number of benzene rings is 1. The number of ether oxygens (including phenoxy) is 1. The van der Waals surface area contributed by atoms with E-state index >= 15 is 0 Å². The van der Waals surface area contributed by atoms with Crippen LogP contribution in [0.25, 0.3) is 0 Å². The largest absolute Gasteiger partial charge is 0.381 e. The summed E-state index contributed by atoms with van der Waals surface area (Å²) in [6.45, 7) is 2.82. The standard InChI is InChI=1S/C14H20FNO3S/c1-3-19-9-14(8-16)12(13(14)20(2,17)18)10-5-4-6-11(15)7-10/h4-7,12-13H,3,8-9,16H2,1-2H3. The first-order valence-electron chi connectivity index (χ1n) is 6.59. The highest BCUT2D eigenvalue weighted by Gasteiger charge is 2.69. The van der Waals surface area contributed by atoms with Gasteiger partial charge in [-0.05, 0) is 24.6 Å². The summed E-state index contributed by atoms with van der Waals surface area (Å²) in [6.07, 6.45) is 1.20. The van der Waals surface area contributed by atoms with Gasteiger partial charge in [-0.2, -0.15) is 0 Å². The van der Waals surface area contributed by atoms with Gasteiger partial charge in [0.1, 0.15) is 5.82 Å². The van der Waals surface area contributed by atoms with Crippen LogP contribution < -0.4 is 5.73 Å². The molecule has 1 fully saturated rings. The lowest BCUT2D eigenvalue weighted by Gasteiger charge is -2.15. The third-order valence-electron chi connectivity index (χ3n) is 4.00. The Hall–Kier alpha value is -0.980. The predicted molar refractivity (Wildman–Crippen MR) is 75.8 cm³/mol. The Morgan fingerprint density at radius 3 is 2.65 bits per heavy atom. The molecule has 2 N–H and O–H groups in total. The van der Waals surface area contributed by atoms with E-state index in [1.165, 1.54) is 18.4 Å². The second-order valence-corrected chi connectivity index (χ2v) is 7.52. The highest BCUT2D eigenvalue weighted by atomic mass is 32.2. The number of hydrogen-bond acceptors (Lipinski definition) is 4. The molecular weight excluding hydrogens is 281 g/mol. The molecule has 6 heteroatoms. The minimum atomic E-state index is -3.27. The first-order valence-corrected chi connectivity index (χ1v) is 8.54. The van der Waals surface area contributed by atoms with Gasteiger partial charge in [-0.15, -0.1) is 0 Å². The smallest absolute Gasteiger partial charge is 0.151 e. The lowest BCUT2D eigenvalue weighted by Crippen LogP contribution is -2.28. The molecule has 1 saturated carbocycles. The van der Waals surface area contributed by atoms with Gasteiger partial charge in [-0.3, -0.25) is 0 Å². The van der Waals surface area contributed by atoms with Crippen molar-refractivity contribution in [2.75, 3.05) is 26.0 Å². The van der Waals surface area contributed by atoms with Crippen molar-refractivity contribution in [1.29, 1.82) is 0 Å². The van der Waals surface area contributed by atoms with Crippen LogP contribution in [0.15, 0.2) is 24.3 Å². The van der Waals surface area contributed by atoms with Crippen molar-refractivity contribution in [2.45, 2.75) is 18.1 Å². The van der Waals surface area contributed by atoms with Gasteiger partial charge in [0.2, 0.25) is 0 Å². The van der Waals surface area contributed by atoms with Gasteiger partial charge in [0.15, 0.2) is 9.84 Å². The van der Waals surface area contributed by atoms with Gasteiger partial charge in [0.25, 0.3) is 0 Å². The van der Waals surface area contributed by atoms with Crippen LogP contribution in [0.5, 0.6) is 0 Å². The first-order chi connectivity index (χ1) is 9.36. The molecule has 1 aliphatic rings. The van der Waals surface area contributed by atoms with Crippen LogP contribution in [0.2, 0.25) is 0 Å². The average Bonchev–Trinajstić information content (AvgIpc) is 3.06. The molecule has 112 valence electrons. The van der Waals surface area contributed by atoms with Crippen molar-refractivity contribution < 1.29 is 17.5 Å². The zero-order valence-corrected chi connectivity index (χ0v) is 12.5. The molecular formula is C14H20FNO3S. The average molecular weight is 301 g/mol. The lowest BCUT2D eigenvalue weighted by molar-refractivity contribution is 0.101. The molecule has 1 aromatic carbocycles. The Morgan fingerprint density at radius 2 is 2.15 bits per heavy atom. The molecule has 0 radical (unpaired) electrons. The molecule has 0 aromatic heterocycles. The van der Waals surface area contributed by atoms with Gasteiger partial charge in [-0.1, -0.05) is 12.1 Å². The van der Waals surface area contributed by atoms with E-state index < -0.39 is 20.5 Å². The van der Waals surface area contributed by atoms with Crippen LogP contribution >= 0.6 is 0 Å². The van der Waals surface area contributed by atoms with Crippen molar-refractivity contribution in [3.8, 4) is 0 Å². The summed E-state index contributed by atoms with van der Waals surface area (Å²) >= 11 is 0. The van der Waals surface area contributed by atoms with Crippen LogP contribution in [0.1, 0.15) is 18.4 Å². The molecule has 0 aliphatic heterocycles. The molecule has 1 aliphatic carbocycles. The summed E-state index contributed by atoms with van der Waals surface area (Å²) in [5.74, 6) is -0.672. The fourth-order valence-electron chi connectivity index (χ4n) is 3.10. The fraction of sp³-hybridized carbons (Fsp3) is 0.571. The quantitative estimate of drug-likeness (QED) is 0.860. The van der Waals surface area contributed by atoms with Crippen LogP contribution in [-0.2, 0) is 14.6 Å². The maximum absolute atomic E-state index is 13.4. The molecule has 20 heavy (non-hydrogen) atoms. The van der Waals surface area contributed by atoms with Gasteiger partial charge >= 0.3 is 0 Å². The zero-order chi connectivity index (χ0) is 15.0. The number of halogens is 1. The minimum absolute atomic E-state index is 0.200. The molecule has 0 bridgehead atoms. The summed E-state index contributed by atoms with van der Waals surface area (Å²) in [5, 5.41) is -0.603. The van der Waals surface area contributed by atoms with Crippen LogP contribution in [-0.4, -0.2) is 39.7 Å². The van der Waals surface area contributed by atoms with E-state index in [0.29, 0.717) is 12.2 Å². The Balaban J connectivity index is 2.39. The van der Waals surface area contributed by atoms with Gasteiger partial charge in [-0.25, -0.2) is 12.8 Å². The number of sulfone groups is 1. The summed E-state index contributed by atoms with van der Waals surface area (Å²) < 4.78 is 42.8. The van der Waals surface area contributed by atoms with Crippen LogP contribution in [0.3, 0.4) is 0 Å². The van der Waals surface area contributed by atoms with Crippen molar-refractivity contribution >= 4 is 9.84 Å². The SMILES string of the molecule is CCOCC1(CN)C(c2cccc(F)c2)C1S(C)(=O)=O. The third-order valence-corrected chi connectivity index (χ3v) is 5.67. The molecule has 0 amide bonds. The van der Waals surface area contributed by atoms with Gasteiger partial charge in [0, 0.05) is 30.7 Å². The van der Waals surface area contributed by atoms with E-state index in [4.69, 9.17) is 10.5 Å². The molecule has 1 aromatic rings. The molecule has 3 atom stereocenters. The zero-order valence-electron chi connectivity index (χ0n) is 11.7. The Labute approximate surface area is 119 Å². The second-order valence-electron chi connectivity index (χ2n) is 5.36. The van der Waals surface area contributed by atoms with Crippen molar-refractivity contribution in [2.24, 2.45) is 11.1 Å². The number of rotatable bonds is 6. The van der Waals surface area contributed by atoms with E-state index in [1.54, 1.807) is 12.1 Å². The Kier molecular flexibility index (Phi) is 4.18. The summed E-state index contributed by atoms with van der Waals surface area (Å²) in [4.78, 5) is 0. The lowest BCUT2D eigenvalue weighted by atomic mass is 10.00. The fourth-order valence-corrected chi connectivity index (χ4v) is 5.11. The van der Waals surface area contributed by atoms with Gasteiger partial charge < -0.3 is 10.5 Å². The highest BCUT2D eigenvalue weighted by Crippen LogP contribution is 2.62. The topological polar surface area (TPSA) is 69.4 Å². The van der Waals surface area contributed by atoms with E-state index in [9.17, 15) is 12.8 Å². The van der Waals surface area contributed by atoms with E-state index in [-0.39, 0.29) is 24.9 Å². The third kappa shape index (κ3) is 2.60. The normalized spacial score (nSPS) is 29.4. The van der Waals surface area contributed by atoms with Gasteiger partial charge in [0.05, 0.1) is 11.9 Å².